The van der Waals surface area contributed by atoms with Crippen LogP contribution in [-0.2, 0) is 11.3 Å². The third-order valence-electron chi connectivity index (χ3n) is 7.34. The van der Waals surface area contributed by atoms with Crippen LogP contribution < -0.4 is 16.2 Å². The van der Waals surface area contributed by atoms with Crippen molar-refractivity contribution in [2.45, 2.75) is 46.2 Å². The molecule has 32 heavy (non-hydrogen) atoms. The number of nitro groups is 1. The van der Waals surface area contributed by atoms with Crippen molar-refractivity contribution in [2.24, 2.45) is 23.2 Å². The molecule has 3 fully saturated rings. The molecule has 3 aliphatic rings. The van der Waals surface area contributed by atoms with Gasteiger partial charge in [-0.25, -0.2) is 4.68 Å². The normalized spacial score (nSPS) is 25.5. The van der Waals surface area contributed by atoms with E-state index in [1.54, 1.807) is 0 Å². The maximum Gasteiger partial charge on any atom is 0.288 e. The third-order valence-corrected chi connectivity index (χ3v) is 7.70. The molecule has 0 saturated heterocycles. The Morgan fingerprint density at radius 1 is 1.31 bits per heavy atom. The molecule has 4 atom stereocenters. The van der Waals surface area contributed by atoms with Crippen LogP contribution in [0, 0.1) is 33.3 Å². The van der Waals surface area contributed by atoms with Crippen molar-refractivity contribution in [3.8, 4) is 0 Å². The first kappa shape index (κ1) is 22.3. The number of carbonyl (C=O) groups is 1. The molecule has 1 aromatic heterocycles. The highest BCUT2D eigenvalue weighted by atomic mass is 35.5. The van der Waals surface area contributed by atoms with Crippen molar-refractivity contribution >= 4 is 34.6 Å². The van der Waals surface area contributed by atoms with Gasteiger partial charge in [0.05, 0.1) is 16.8 Å². The van der Waals surface area contributed by atoms with E-state index in [2.05, 4.69) is 36.5 Å². The lowest BCUT2D eigenvalue weighted by molar-refractivity contribution is -0.384. The number of nitrogens with zero attached hydrogens (tertiary/aromatic N) is 3. The average molecular weight is 460 g/mol. The first-order chi connectivity index (χ1) is 15.1. The zero-order valence-corrected chi connectivity index (χ0v) is 18.9. The van der Waals surface area contributed by atoms with E-state index in [4.69, 9.17) is 11.6 Å². The maximum atomic E-state index is 12.7. The molecule has 0 unspecified atom stereocenters. The summed E-state index contributed by atoms with van der Waals surface area (Å²) in [5.74, 6) is 1.28. The molecule has 1 aromatic carbocycles. The van der Waals surface area contributed by atoms with E-state index in [-0.39, 0.29) is 23.3 Å². The second kappa shape index (κ2) is 8.20. The molecule has 2 aromatic rings. The predicted octanol–water partition coefficient (Wildman–Crippen LogP) is 3.93. The van der Waals surface area contributed by atoms with Crippen LogP contribution in [0.3, 0.4) is 0 Å². The quantitative estimate of drug-likeness (QED) is 0.499. The predicted molar refractivity (Wildman–Crippen MR) is 122 cm³/mol. The molecule has 3 aliphatic carbocycles. The fraction of sp³-hybridized carbons (Fsp3) is 0.500. The number of aromatic nitrogens is 2. The number of rotatable bonds is 6. The summed E-state index contributed by atoms with van der Waals surface area (Å²) in [6, 6.07) is 5.64. The molecule has 0 spiro atoms. The average Bonchev–Trinajstić information content (AvgIpc) is 2.74. The zero-order valence-electron chi connectivity index (χ0n) is 18.2. The second-order valence-corrected chi connectivity index (χ2v) is 9.77. The van der Waals surface area contributed by atoms with Crippen LogP contribution in [0.15, 0.2) is 35.3 Å². The van der Waals surface area contributed by atoms with Gasteiger partial charge in [-0.3, -0.25) is 19.7 Å². The largest absolute Gasteiger partial charge is 0.379 e. The second-order valence-electron chi connectivity index (χ2n) is 9.39. The highest BCUT2D eigenvalue weighted by molar-refractivity contribution is 6.32. The summed E-state index contributed by atoms with van der Waals surface area (Å²) in [4.78, 5) is 35.2. The summed E-state index contributed by atoms with van der Waals surface area (Å²) in [5.41, 5.74) is 0.596. The maximum absolute atomic E-state index is 12.7. The van der Waals surface area contributed by atoms with Crippen molar-refractivity contribution in [1.82, 2.24) is 9.78 Å². The van der Waals surface area contributed by atoms with Gasteiger partial charge in [0.2, 0.25) is 5.91 Å². The third kappa shape index (κ3) is 3.97. The Morgan fingerprint density at radius 3 is 2.59 bits per heavy atom. The number of hydrogen-bond acceptors (Lipinski definition) is 6. The summed E-state index contributed by atoms with van der Waals surface area (Å²) in [6.07, 6.45) is 3.77. The van der Waals surface area contributed by atoms with Gasteiger partial charge in [-0.2, -0.15) is 5.10 Å². The summed E-state index contributed by atoms with van der Waals surface area (Å²) >= 11 is 6.33. The lowest BCUT2D eigenvalue weighted by Gasteiger charge is -2.62. The van der Waals surface area contributed by atoms with E-state index in [0.717, 1.165) is 11.1 Å². The Kier molecular flexibility index (Phi) is 5.70. The molecule has 2 N–H and O–H groups in total. The van der Waals surface area contributed by atoms with Crippen molar-refractivity contribution in [1.29, 1.82) is 0 Å². The van der Waals surface area contributed by atoms with E-state index in [9.17, 15) is 19.7 Å². The number of halogens is 1. The van der Waals surface area contributed by atoms with Crippen molar-refractivity contribution in [2.75, 3.05) is 10.6 Å². The van der Waals surface area contributed by atoms with Gasteiger partial charge in [-0.15, -0.1) is 0 Å². The van der Waals surface area contributed by atoms with Gasteiger partial charge in [0.25, 0.3) is 11.2 Å². The molecule has 2 bridgehead atoms. The fourth-order valence-electron chi connectivity index (χ4n) is 5.22. The number of benzene rings is 1. The molecular weight excluding hydrogens is 434 g/mol. The SMILES string of the molecule is C[C@H]1[C@H](Nc2cnn(CC(=O)Nc3ccc([N+](=O)[O-])cc3)c(=O)c2Cl)C[C@H]2C[C@@H]1C2(C)C. The van der Waals surface area contributed by atoms with Gasteiger partial charge in [-0.1, -0.05) is 32.4 Å². The molecule has 1 amide bonds. The number of anilines is 2. The van der Waals surface area contributed by atoms with Gasteiger partial charge in [0, 0.05) is 23.9 Å². The molecule has 3 saturated carbocycles. The minimum absolute atomic E-state index is 0.00819. The van der Waals surface area contributed by atoms with Gasteiger partial charge >= 0.3 is 0 Å². The van der Waals surface area contributed by atoms with Crippen molar-refractivity contribution in [3.05, 3.63) is 56.0 Å². The molecule has 1 heterocycles. The molecular formula is C22H26ClN5O4. The Balaban J connectivity index is 1.41. The Labute approximate surface area is 190 Å². The van der Waals surface area contributed by atoms with Crippen LogP contribution in [-0.4, -0.2) is 26.7 Å². The Morgan fingerprint density at radius 2 is 2.00 bits per heavy atom. The van der Waals surface area contributed by atoms with E-state index >= 15 is 0 Å². The topological polar surface area (TPSA) is 119 Å². The highest BCUT2D eigenvalue weighted by Gasteiger charge is 2.56. The number of carbonyl (C=O) groups excluding carboxylic acids is 1. The van der Waals surface area contributed by atoms with Gasteiger partial charge < -0.3 is 10.6 Å². The lowest BCUT2D eigenvalue weighted by Crippen LogP contribution is -2.58. The van der Waals surface area contributed by atoms with E-state index in [0.29, 0.717) is 34.5 Å². The Bertz CT molecular complexity index is 1110. The first-order valence-electron chi connectivity index (χ1n) is 10.6. The number of nitrogens with one attached hydrogen (secondary N) is 2. The smallest absolute Gasteiger partial charge is 0.288 e. The summed E-state index contributed by atoms with van der Waals surface area (Å²) < 4.78 is 0.999. The standard InChI is InChI=1S/C22H26ClN5O4/c1-12-16-8-13(22(16,2)3)9-17(12)26-18-10-24-27(21(30)20(18)23)11-19(29)25-14-4-6-15(7-5-14)28(31)32/h4-7,10,12-13,16-17,26H,8-9,11H2,1-3H3,(H,25,29)/t12-,13-,16+,17-/m1/s1. The number of hydrogen-bond donors (Lipinski definition) is 2. The van der Waals surface area contributed by atoms with Crippen LogP contribution >= 0.6 is 11.6 Å². The van der Waals surface area contributed by atoms with E-state index in [1.165, 1.54) is 36.9 Å². The van der Waals surface area contributed by atoms with Gasteiger partial charge in [-0.05, 0) is 48.1 Å². The van der Waals surface area contributed by atoms with Crippen LogP contribution in [0.2, 0.25) is 5.02 Å². The minimum atomic E-state index is -0.551. The zero-order chi connectivity index (χ0) is 23.2. The molecule has 170 valence electrons. The molecule has 9 nitrogen and oxygen atoms in total. The van der Waals surface area contributed by atoms with Crippen LogP contribution in [0.25, 0.3) is 0 Å². The summed E-state index contributed by atoms with van der Waals surface area (Å²) in [7, 11) is 0. The molecule has 0 radical (unpaired) electrons. The number of fused-ring (bicyclic) bond motifs is 2. The van der Waals surface area contributed by atoms with Crippen molar-refractivity contribution < 1.29 is 9.72 Å². The van der Waals surface area contributed by atoms with E-state index < -0.39 is 16.4 Å². The minimum Gasteiger partial charge on any atom is -0.379 e. The molecule has 0 aliphatic heterocycles. The van der Waals surface area contributed by atoms with Crippen LogP contribution in [0.1, 0.15) is 33.6 Å². The number of non-ortho nitro benzene ring substituents is 1. The monoisotopic (exact) mass is 459 g/mol. The van der Waals surface area contributed by atoms with Crippen molar-refractivity contribution in [3.63, 3.8) is 0 Å². The fourth-order valence-corrected chi connectivity index (χ4v) is 5.42. The summed E-state index contributed by atoms with van der Waals surface area (Å²) in [6.45, 7) is 6.57. The Hall–Kier alpha value is -2.94. The molecule has 10 heteroatoms. The summed E-state index contributed by atoms with van der Waals surface area (Å²) in [5, 5.41) is 20.8. The lowest BCUT2D eigenvalue weighted by atomic mass is 9.45. The number of nitro benzene ring substituents is 1. The van der Waals surface area contributed by atoms with Crippen LogP contribution in [0.5, 0.6) is 0 Å². The van der Waals surface area contributed by atoms with Gasteiger partial charge in [0.1, 0.15) is 11.6 Å². The highest BCUT2D eigenvalue weighted by Crippen LogP contribution is 2.61. The molecule has 5 rings (SSSR count). The first-order valence-corrected chi connectivity index (χ1v) is 11.0. The van der Waals surface area contributed by atoms with Crippen LogP contribution in [0.4, 0.5) is 17.1 Å². The number of amides is 1. The van der Waals surface area contributed by atoms with E-state index in [1.807, 2.05) is 0 Å². The van der Waals surface area contributed by atoms with Gasteiger partial charge in [0.15, 0.2) is 0 Å².